The van der Waals surface area contributed by atoms with Gasteiger partial charge in [-0.3, -0.25) is 9.69 Å². The van der Waals surface area contributed by atoms with Crippen molar-refractivity contribution in [1.29, 1.82) is 0 Å². The molecule has 1 aliphatic rings. The summed E-state index contributed by atoms with van der Waals surface area (Å²) in [5, 5.41) is 0. The maximum Gasteiger partial charge on any atom is 0.289 e. The first-order valence-corrected chi connectivity index (χ1v) is 5.15. The maximum atomic E-state index is 11.9. The molecular weight excluding hydrogens is 192 g/mol. The molecule has 4 heteroatoms. The van der Waals surface area contributed by atoms with Gasteiger partial charge in [0.05, 0.1) is 6.26 Å². The van der Waals surface area contributed by atoms with Gasteiger partial charge in [0, 0.05) is 26.2 Å². The normalized spacial score (nSPS) is 18.1. The van der Waals surface area contributed by atoms with E-state index >= 15 is 0 Å². The zero-order valence-corrected chi connectivity index (χ0v) is 8.69. The van der Waals surface area contributed by atoms with Crippen molar-refractivity contribution < 1.29 is 9.21 Å². The first kappa shape index (κ1) is 10.2. The minimum atomic E-state index is -0.0105. The summed E-state index contributed by atoms with van der Waals surface area (Å²) < 4.78 is 5.08. The van der Waals surface area contributed by atoms with Crippen LogP contribution in [-0.2, 0) is 0 Å². The van der Waals surface area contributed by atoms with E-state index in [1.807, 2.05) is 4.90 Å². The first-order chi connectivity index (χ1) is 7.31. The van der Waals surface area contributed by atoms with Crippen LogP contribution in [-0.4, -0.2) is 48.4 Å². The molecule has 0 N–H and O–H groups in total. The van der Waals surface area contributed by atoms with Crippen LogP contribution in [0.5, 0.6) is 0 Å². The standard InChI is InChI=1S/C11H15N2O2/c1-2-12-5-7-13(8-6-12)11(14)10-4-3-9-15-10/h3-4,9H,1-2,5-8H2. The lowest BCUT2D eigenvalue weighted by molar-refractivity contribution is 0.0618. The summed E-state index contributed by atoms with van der Waals surface area (Å²) in [4.78, 5) is 15.9. The van der Waals surface area contributed by atoms with Crippen molar-refractivity contribution >= 4 is 5.91 Å². The number of rotatable bonds is 2. The highest BCUT2D eigenvalue weighted by atomic mass is 16.3. The van der Waals surface area contributed by atoms with E-state index in [-0.39, 0.29) is 5.91 Å². The Hall–Kier alpha value is -1.29. The predicted octanol–water partition coefficient (Wildman–Crippen LogP) is 0.871. The van der Waals surface area contributed by atoms with Crippen LogP contribution < -0.4 is 0 Å². The summed E-state index contributed by atoms with van der Waals surface area (Å²) in [5.41, 5.74) is 0. The molecule has 2 heterocycles. The summed E-state index contributed by atoms with van der Waals surface area (Å²) in [6.45, 7) is 7.96. The van der Waals surface area contributed by atoms with Crippen LogP contribution in [0.2, 0.25) is 0 Å². The molecular formula is C11H15N2O2. The average Bonchev–Trinajstić information content (AvgIpc) is 2.82. The van der Waals surface area contributed by atoms with Crippen LogP contribution in [0.1, 0.15) is 10.6 Å². The van der Waals surface area contributed by atoms with Crippen LogP contribution >= 0.6 is 0 Å². The summed E-state index contributed by atoms with van der Waals surface area (Å²) in [6.07, 6.45) is 1.53. The number of amides is 1. The van der Waals surface area contributed by atoms with Crippen molar-refractivity contribution in [2.24, 2.45) is 0 Å². The van der Waals surface area contributed by atoms with Gasteiger partial charge >= 0.3 is 0 Å². The second-order valence-electron chi connectivity index (χ2n) is 3.61. The van der Waals surface area contributed by atoms with E-state index in [1.165, 1.54) is 6.26 Å². The van der Waals surface area contributed by atoms with Gasteiger partial charge in [-0.15, -0.1) is 0 Å². The second-order valence-corrected chi connectivity index (χ2v) is 3.61. The fourth-order valence-corrected chi connectivity index (χ4v) is 1.73. The molecule has 81 valence electrons. The molecule has 0 bridgehead atoms. The van der Waals surface area contributed by atoms with Crippen LogP contribution in [0.15, 0.2) is 22.8 Å². The molecule has 0 spiro atoms. The Morgan fingerprint density at radius 2 is 2.13 bits per heavy atom. The minimum Gasteiger partial charge on any atom is -0.459 e. The Morgan fingerprint density at radius 3 is 2.67 bits per heavy atom. The molecule has 15 heavy (non-hydrogen) atoms. The number of carbonyl (C=O) groups excluding carboxylic acids is 1. The SMILES string of the molecule is [CH2]CN1CCN(C(=O)c2ccco2)CC1. The van der Waals surface area contributed by atoms with E-state index < -0.39 is 0 Å². The number of piperazine rings is 1. The fourth-order valence-electron chi connectivity index (χ4n) is 1.73. The molecule has 1 fully saturated rings. The zero-order valence-electron chi connectivity index (χ0n) is 8.69. The van der Waals surface area contributed by atoms with Crippen LogP contribution in [0.3, 0.4) is 0 Å². The van der Waals surface area contributed by atoms with E-state index in [2.05, 4.69) is 11.8 Å². The topological polar surface area (TPSA) is 36.7 Å². The molecule has 0 saturated carbocycles. The van der Waals surface area contributed by atoms with Crippen LogP contribution in [0.4, 0.5) is 0 Å². The Morgan fingerprint density at radius 1 is 1.40 bits per heavy atom. The second kappa shape index (κ2) is 4.49. The molecule has 0 aromatic carbocycles. The number of furan rings is 1. The molecule has 1 aromatic rings. The molecule has 4 nitrogen and oxygen atoms in total. The minimum absolute atomic E-state index is 0.0105. The molecule has 0 unspecified atom stereocenters. The third-order valence-electron chi connectivity index (χ3n) is 2.71. The van der Waals surface area contributed by atoms with Crippen molar-refractivity contribution in [3.05, 3.63) is 31.1 Å². The van der Waals surface area contributed by atoms with E-state index in [0.717, 1.165) is 32.7 Å². The third-order valence-corrected chi connectivity index (χ3v) is 2.71. The quantitative estimate of drug-likeness (QED) is 0.722. The van der Waals surface area contributed by atoms with E-state index in [4.69, 9.17) is 4.42 Å². The lowest BCUT2D eigenvalue weighted by atomic mass is 10.3. The molecule has 1 amide bonds. The van der Waals surface area contributed by atoms with Gasteiger partial charge in [0.25, 0.3) is 5.91 Å². The van der Waals surface area contributed by atoms with E-state index in [1.54, 1.807) is 12.1 Å². The van der Waals surface area contributed by atoms with Crippen LogP contribution in [0, 0.1) is 6.92 Å². The fraction of sp³-hybridized carbons (Fsp3) is 0.455. The van der Waals surface area contributed by atoms with Crippen molar-refractivity contribution in [2.45, 2.75) is 0 Å². The monoisotopic (exact) mass is 207 g/mol. The number of hydrogen-bond acceptors (Lipinski definition) is 3. The van der Waals surface area contributed by atoms with Gasteiger partial charge in [0.2, 0.25) is 0 Å². The Bertz CT molecular complexity index is 313. The largest absolute Gasteiger partial charge is 0.459 e. The van der Waals surface area contributed by atoms with Gasteiger partial charge in [-0.2, -0.15) is 0 Å². The summed E-state index contributed by atoms with van der Waals surface area (Å²) >= 11 is 0. The van der Waals surface area contributed by atoms with Gasteiger partial charge in [-0.25, -0.2) is 0 Å². The predicted molar refractivity (Wildman–Crippen MR) is 56.4 cm³/mol. The summed E-state index contributed by atoms with van der Waals surface area (Å²) in [5.74, 6) is 0.418. The molecule has 1 aliphatic heterocycles. The zero-order chi connectivity index (χ0) is 10.7. The van der Waals surface area contributed by atoms with Gasteiger partial charge < -0.3 is 9.32 Å². The summed E-state index contributed by atoms with van der Waals surface area (Å²) in [6, 6.07) is 3.44. The number of hydrogen-bond donors (Lipinski definition) is 0. The number of carbonyl (C=O) groups is 1. The molecule has 2 rings (SSSR count). The van der Waals surface area contributed by atoms with Gasteiger partial charge in [-0.05, 0) is 25.6 Å². The van der Waals surface area contributed by atoms with E-state index in [0.29, 0.717) is 5.76 Å². The summed E-state index contributed by atoms with van der Waals surface area (Å²) in [7, 11) is 0. The van der Waals surface area contributed by atoms with Gasteiger partial charge in [0.15, 0.2) is 5.76 Å². The Kier molecular flexibility index (Phi) is 3.06. The highest BCUT2D eigenvalue weighted by molar-refractivity contribution is 5.91. The van der Waals surface area contributed by atoms with Crippen molar-refractivity contribution in [1.82, 2.24) is 9.80 Å². The smallest absolute Gasteiger partial charge is 0.289 e. The highest BCUT2D eigenvalue weighted by Gasteiger charge is 2.22. The maximum absolute atomic E-state index is 11.9. The lowest BCUT2D eigenvalue weighted by Gasteiger charge is -2.33. The average molecular weight is 207 g/mol. The molecule has 1 radical (unpaired) electrons. The Labute approximate surface area is 89.5 Å². The Balaban J connectivity index is 1.93. The van der Waals surface area contributed by atoms with Crippen LogP contribution in [0.25, 0.3) is 0 Å². The van der Waals surface area contributed by atoms with Crippen molar-refractivity contribution in [2.75, 3.05) is 32.7 Å². The molecule has 0 aliphatic carbocycles. The van der Waals surface area contributed by atoms with Crippen molar-refractivity contribution in [3.63, 3.8) is 0 Å². The third kappa shape index (κ3) is 2.21. The molecule has 1 saturated heterocycles. The first-order valence-electron chi connectivity index (χ1n) is 5.15. The highest BCUT2D eigenvalue weighted by Crippen LogP contribution is 2.08. The number of nitrogens with zero attached hydrogens (tertiary/aromatic N) is 2. The van der Waals surface area contributed by atoms with Gasteiger partial charge in [-0.1, -0.05) is 0 Å². The molecule has 1 aromatic heterocycles. The molecule has 0 atom stereocenters. The van der Waals surface area contributed by atoms with Crippen molar-refractivity contribution in [3.8, 4) is 0 Å². The van der Waals surface area contributed by atoms with E-state index in [9.17, 15) is 4.79 Å². The lowest BCUT2D eigenvalue weighted by Crippen LogP contribution is -2.48. The van der Waals surface area contributed by atoms with Gasteiger partial charge in [0.1, 0.15) is 0 Å².